The van der Waals surface area contributed by atoms with Crippen molar-refractivity contribution in [3.63, 3.8) is 0 Å². The lowest BCUT2D eigenvalue weighted by molar-refractivity contribution is -0.135. The van der Waals surface area contributed by atoms with Gasteiger partial charge >= 0.3 is 5.97 Å². The number of fused-ring (bicyclic) bond motifs is 3. The Labute approximate surface area is 195 Å². The fourth-order valence-electron chi connectivity index (χ4n) is 4.28. The number of allylic oxidation sites excluding steroid dienone is 1. The zero-order valence-corrected chi connectivity index (χ0v) is 18.8. The van der Waals surface area contributed by atoms with E-state index in [4.69, 9.17) is 23.7 Å². The molecule has 2 aliphatic rings. The van der Waals surface area contributed by atoms with Crippen molar-refractivity contribution in [3.05, 3.63) is 76.8 Å². The van der Waals surface area contributed by atoms with E-state index in [2.05, 4.69) is 4.98 Å². The number of ketones is 1. The first-order chi connectivity index (χ1) is 16.5. The first-order valence-corrected chi connectivity index (χ1v) is 10.6. The largest absolute Gasteiger partial charge is 0.496 e. The molecule has 3 heterocycles. The Morgan fingerprint density at radius 3 is 2.44 bits per heavy atom. The quantitative estimate of drug-likeness (QED) is 0.319. The first-order valence-electron chi connectivity index (χ1n) is 10.6. The van der Waals surface area contributed by atoms with Gasteiger partial charge in [0.2, 0.25) is 5.78 Å². The Bertz CT molecular complexity index is 1330. The molecule has 1 unspecified atom stereocenters. The van der Waals surface area contributed by atoms with Crippen LogP contribution in [0.4, 0.5) is 0 Å². The summed E-state index contributed by atoms with van der Waals surface area (Å²) in [5, 5.41) is 0. The van der Waals surface area contributed by atoms with Crippen LogP contribution in [0, 0.1) is 0 Å². The molecule has 172 valence electrons. The molecule has 0 N–H and O–H groups in total. The van der Waals surface area contributed by atoms with E-state index in [1.807, 2.05) is 6.07 Å². The molecule has 0 fully saturated rings. The number of aromatic nitrogens is 1. The van der Waals surface area contributed by atoms with Gasteiger partial charge in [0.25, 0.3) is 0 Å². The maximum atomic E-state index is 13.3. The van der Waals surface area contributed by atoms with Crippen LogP contribution >= 0.6 is 0 Å². The van der Waals surface area contributed by atoms with Crippen LogP contribution in [0.3, 0.4) is 0 Å². The maximum absolute atomic E-state index is 13.3. The van der Waals surface area contributed by atoms with Gasteiger partial charge in [0, 0.05) is 35.5 Å². The fraction of sp³-hybridized carbons (Fsp3) is 0.192. The Morgan fingerprint density at radius 2 is 1.74 bits per heavy atom. The highest BCUT2D eigenvalue weighted by atomic mass is 16.5. The standard InChI is InChI=1S/C26H21NO7/c1-30-19-12-21(32-3)20(31-2)9-15(19)10-22-25(29)16-6-7-18-24(26(16)34-22)17(11-23(28)33-18)14-5-4-8-27-13-14/h4-10,12-13,17H,11H2,1-3H3. The number of benzene rings is 2. The van der Waals surface area contributed by atoms with Crippen LogP contribution in [0.2, 0.25) is 0 Å². The van der Waals surface area contributed by atoms with Gasteiger partial charge in [-0.3, -0.25) is 14.6 Å². The van der Waals surface area contributed by atoms with E-state index in [1.54, 1.807) is 48.8 Å². The van der Waals surface area contributed by atoms with Crippen LogP contribution in [0.1, 0.15) is 39.4 Å². The van der Waals surface area contributed by atoms with E-state index in [-0.39, 0.29) is 29.9 Å². The van der Waals surface area contributed by atoms with Crippen LogP contribution in [0.5, 0.6) is 28.7 Å². The SMILES string of the molecule is COc1cc(OC)c(OC)cc1C=C1Oc2c(ccc3c2C(c2cccnc2)CC(=O)O3)C1=O. The topological polar surface area (TPSA) is 93.2 Å². The van der Waals surface area contributed by atoms with E-state index < -0.39 is 0 Å². The Hall–Kier alpha value is -4.33. The second kappa shape index (κ2) is 8.55. The van der Waals surface area contributed by atoms with Crippen molar-refractivity contribution >= 4 is 17.8 Å². The third-order valence-electron chi connectivity index (χ3n) is 5.89. The van der Waals surface area contributed by atoms with Crippen LogP contribution in [0.25, 0.3) is 6.08 Å². The van der Waals surface area contributed by atoms with Gasteiger partial charge < -0.3 is 23.7 Å². The van der Waals surface area contributed by atoms with E-state index in [0.29, 0.717) is 45.4 Å². The van der Waals surface area contributed by atoms with Gasteiger partial charge in [0.1, 0.15) is 17.2 Å². The van der Waals surface area contributed by atoms with Gasteiger partial charge in [-0.05, 0) is 35.9 Å². The number of ether oxygens (including phenoxy) is 5. The molecule has 0 amide bonds. The smallest absolute Gasteiger partial charge is 0.312 e. The molecular formula is C26H21NO7. The molecule has 1 aromatic heterocycles. The summed E-state index contributed by atoms with van der Waals surface area (Å²) in [6, 6.07) is 10.3. The summed E-state index contributed by atoms with van der Waals surface area (Å²) in [4.78, 5) is 29.7. The van der Waals surface area contributed by atoms with Crippen molar-refractivity contribution in [2.75, 3.05) is 21.3 Å². The average Bonchev–Trinajstić information content (AvgIpc) is 3.18. The minimum Gasteiger partial charge on any atom is -0.496 e. The average molecular weight is 459 g/mol. The number of Topliss-reactive ketones (excluding diaryl/α,β-unsaturated/α-hetero) is 1. The third kappa shape index (κ3) is 3.53. The summed E-state index contributed by atoms with van der Waals surface area (Å²) in [6.45, 7) is 0. The van der Waals surface area contributed by atoms with Gasteiger partial charge in [-0.1, -0.05) is 6.07 Å². The van der Waals surface area contributed by atoms with E-state index in [0.717, 1.165) is 5.56 Å². The third-order valence-corrected chi connectivity index (χ3v) is 5.89. The molecule has 2 aromatic carbocycles. The highest BCUT2D eigenvalue weighted by molar-refractivity contribution is 6.15. The van der Waals surface area contributed by atoms with Crippen LogP contribution in [-0.2, 0) is 4.79 Å². The Kier molecular flexibility index (Phi) is 5.41. The number of methoxy groups -OCH3 is 3. The monoisotopic (exact) mass is 459 g/mol. The van der Waals surface area contributed by atoms with Gasteiger partial charge in [-0.2, -0.15) is 0 Å². The molecule has 0 aliphatic carbocycles. The Balaban J connectivity index is 1.61. The number of rotatable bonds is 5. The summed E-state index contributed by atoms with van der Waals surface area (Å²) in [6.07, 6.45) is 5.09. The molecule has 34 heavy (non-hydrogen) atoms. The summed E-state index contributed by atoms with van der Waals surface area (Å²) in [7, 11) is 4.59. The van der Waals surface area contributed by atoms with Crippen molar-refractivity contribution < 1.29 is 33.3 Å². The number of carbonyl (C=O) groups excluding carboxylic acids is 2. The zero-order valence-electron chi connectivity index (χ0n) is 18.8. The zero-order chi connectivity index (χ0) is 23.8. The lowest BCUT2D eigenvalue weighted by Crippen LogP contribution is -2.21. The molecule has 1 atom stereocenters. The van der Waals surface area contributed by atoms with Crippen molar-refractivity contribution in [2.24, 2.45) is 0 Å². The van der Waals surface area contributed by atoms with Crippen molar-refractivity contribution in [2.45, 2.75) is 12.3 Å². The summed E-state index contributed by atoms with van der Waals surface area (Å²) < 4.78 is 27.8. The van der Waals surface area contributed by atoms with Crippen molar-refractivity contribution in [1.29, 1.82) is 0 Å². The van der Waals surface area contributed by atoms with Gasteiger partial charge in [0.15, 0.2) is 17.3 Å². The molecule has 3 aromatic rings. The molecular weight excluding hydrogens is 438 g/mol. The number of nitrogens with zero attached hydrogens (tertiary/aromatic N) is 1. The van der Waals surface area contributed by atoms with Gasteiger partial charge in [-0.15, -0.1) is 0 Å². The van der Waals surface area contributed by atoms with Gasteiger partial charge in [-0.25, -0.2) is 0 Å². The predicted octanol–water partition coefficient (Wildman–Crippen LogP) is 4.16. The predicted molar refractivity (Wildman–Crippen MR) is 122 cm³/mol. The molecule has 2 aliphatic heterocycles. The lowest BCUT2D eigenvalue weighted by Gasteiger charge is -2.26. The van der Waals surface area contributed by atoms with Crippen LogP contribution < -0.4 is 23.7 Å². The van der Waals surface area contributed by atoms with E-state index >= 15 is 0 Å². The highest BCUT2D eigenvalue weighted by Crippen LogP contribution is 2.49. The van der Waals surface area contributed by atoms with E-state index in [9.17, 15) is 9.59 Å². The van der Waals surface area contributed by atoms with Crippen LogP contribution in [0.15, 0.2) is 54.6 Å². The first kappa shape index (κ1) is 21.5. The molecule has 8 nitrogen and oxygen atoms in total. The summed E-state index contributed by atoms with van der Waals surface area (Å²) >= 11 is 0. The minimum absolute atomic E-state index is 0.120. The normalized spacial score (nSPS) is 17.5. The lowest BCUT2D eigenvalue weighted by atomic mass is 9.85. The molecule has 5 rings (SSSR count). The molecule has 0 saturated carbocycles. The summed E-state index contributed by atoms with van der Waals surface area (Å²) in [5.74, 6) is 1.38. The molecule has 0 saturated heterocycles. The van der Waals surface area contributed by atoms with Crippen molar-refractivity contribution in [1.82, 2.24) is 4.98 Å². The minimum atomic E-state index is -0.351. The number of carbonyl (C=O) groups is 2. The van der Waals surface area contributed by atoms with E-state index in [1.165, 1.54) is 21.3 Å². The molecule has 8 heteroatoms. The Morgan fingerprint density at radius 1 is 0.971 bits per heavy atom. The molecule has 0 radical (unpaired) electrons. The number of pyridine rings is 1. The highest BCUT2D eigenvalue weighted by Gasteiger charge is 2.38. The molecule has 0 spiro atoms. The number of hydrogen-bond acceptors (Lipinski definition) is 8. The number of hydrogen-bond donors (Lipinski definition) is 0. The number of esters is 1. The second-order valence-electron chi connectivity index (χ2n) is 7.76. The summed E-state index contributed by atoms with van der Waals surface area (Å²) in [5.41, 5.74) is 2.47. The van der Waals surface area contributed by atoms with Gasteiger partial charge in [0.05, 0.1) is 33.3 Å². The maximum Gasteiger partial charge on any atom is 0.312 e. The van der Waals surface area contributed by atoms with Crippen LogP contribution in [-0.4, -0.2) is 38.1 Å². The molecule has 0 bridgehead atoms. The van der Waals surface area contributed by atoms with Crippen molar-refractivity contribution in [3.8, 4) is 28.7 Å². The second-order valence-corrected chi connectivity index (χ2v) is 7.76. The fourth-order valence-corrected chi connectivity index (χ4v) is 4.28.